The van der Waals surface area contributed by atoms with Crippen molar-refractivity contribution in [3.8, 4) is 0 Å². The van der Waals surface area contributed by atoms with Crippen LogP contribution in [-0.4, -0.2) is 40.1 Å². The van der Waals surface area contributed by atoms with E-state index in [9.17, 15) is 4.79 Å². The van der Waals surface area contributed by atoms with Gasteiger partial charge in [-0.25, -0.2) is 9.97 Å². The predicted octanol–water partition coefficient (Wildman–Crippen LogP) is 2.39. The topological polar surface area (TPSA) is 89.0 Å². The quantitative estimate of drug-likeness (QED) is 0.730. The second-order valence-electron chi connectivity index (χ2n) is 5.86. The predicted molar refractivity (Wildman–Crippen MR) is 95.8 cm³/mol. The number of anilines is 1. The molecule has 1 amide bonds. The van der Waals surface area contributed by atoms with E-state index in [0.29, 0.717) is 24.9 Å². The van der Waals surface area contributed by atoms with Crippen LogP contribution in [0.4, 0.5) is 5.95 Å². The molecule has 1 saturated heterocycles. The highest BCUT2D eigenvalue weighted by Crippen LogP contribution is 2.25. The zero-order chi connectivity index (χ0) is 17.2. The molecular weight excluding hydrogens is 338 g/mol. The third-order valence-electron chi connectivity index (χ3n) is 3.97. The molecule has 3 aromatic rings. The summed E-state index contributed by atoms with van der Waals surface area (Å²) in [6.45, 7) is 3.08. The molecule has 7 nitrogen and oxygen atoms in total. The molecule has 0 radical (unpaired) electrons. The van der Waals surface area contributed by atoms with Gasteiger partial charge in [0.2, 0.25) is 5.95 Å². The first-order chi connectivity index (χ1) is 12.2. The number of fused-ring (bicyclic) bond motifs is 1. The highest BCUT2D eigenvalue weighted by Gasteiger charge is 2.24. The lowest BCUT2D eigenvalue weighted by molar-refractivity contribution is -0.00351. The number of ether oxygens (including phenoxy) is 1. The van der Waals surface area contributed by atoms with Crippen molar-refractivity contribution in [3.63, 3.8) is 0 Å². The van der Waals surface area contributed by atoms with E-state index in [-0.39, 0.29) is 18.0 Å². The lowest BCUT2D eigenvalue weighted by Crippen LogP contribution is -2.48. The molecule has 1 atom stereocenters. The van der Waals surface area contributed by atoms with Crippen LogP contribution in [0, 0.1) is 0 Å². The first kappa shape index (κ1) is 15.9. The third-order valence-corrected chi connectivity index (χ3v) is 4.88. The molecule has 2 N–H and O–H groups in total. The number of hydrogen-bond acceptors (Lipinski definition) is 7. The SMILES string of the molecule is CC(Nc1nc(C(=O)NC2COC2)c2sccc2n1)c1ccccn1. The number of nitrogens with one attached hydrogen (secondary N) is 2. The van der Waals surface area contributed by atoms with Crippen molar-refractivity contribution in [3.05, 3.63) is 47.2 Å². The van der Waals surface area contributed by atoms with E-state index >= 15 is 0 Å². The maximum Gasteiger partial charge on any atom is 0.271 e. The van der Waals surface area contributed by atoms with Crippen LogP contribution in [-0.2, 0) is 4.74 Å². The Balaban J connectivity index is 1.62. The molecule has 1 fully saturated rings. The largest absolute Gasteiger partial charge is 0.377 e. The third kappa shape index (κ3) is 3.31. The van der Waals surface area contributed by atoms with Crippen molar-refractivity contribution in [1.82, 2.24) is 20.3 Å². The van der Waals surface area contributed by atoms with Crippen LogP contribution in [0.25, 0.3) is 10.2 Å². The lowest BCUT2D eigenvalue weighted by Gasteiger charge is -2.26. The Hall–Kier alpha value is -2.58. The van der Waals surface area contributed by atoms with Crippen LogP contribution in [0.2, 0.25) is 0 Å². The molecule has 0 aliphatic carbocycles. The van der Waals surface area contributed by atoms with Crippen molar-refractivity contribution in [1.29, 1.82) is 0 Å². The minimum absolute atomic E-state index is 0.0568. The van der Waals surface area contributed by atoms with Gasteiger partial charge in [0, 0.05) is 6.20 Å². The maximum atomic E-state index is 12.6. The van der Waals surface area contributed by atoms with E-state index in [4.69, 9.17) is 4.74 Å². The van der Waals surface area contributed by atoms with Gasteiger partial charge in [0.25, 0.3) is 5.91 Å². The van der Waals surface area contributed by atoms with E-state index in [1.807, 2.05) is 36.6 Å². The number of pyridine rings is 1. The fourth-order valence-electron chi connectivity index (χ4n) is 2.55. The molecule has 3 aromatic heterocycles. The Morgan fingerprint density at radius 3 is 2.92 bits per heavy atom. The maximum absolute atomic E-state index is 12.6. The van der Waals surface area contributed by atoms with Gasteiger partial charge in [-0.15, -0.1) is 11.3 Å². The summed E-state index contributed by atoms with van der Waals surface area (Å²) >= 11 is 1.46. The molecule has 0 saturated carbocycles. The molecule has 1 aliphatic heterocycles. The highest BCUT2D eigenvalue weighted by molar-refractivity contribution is 7.17. The molecular formula is C17H17N5O2S. The second kappa shape index (κ2) is 6.73. The first-order valence-corrected chi connectivity index (χ1v) is 8.90. The second-order valence-corrected chi connectivity index (χ2v) is 6.78. The highest BCUT2D eigenvalue weighted by atomic mass is 32.1. The Kier molecular flexibility index (Phi) is 4.29. The van der Waals surface area contributed by atoms with Crippen molar-refractivity contribution < 1.29 is 9.53 Å². The summed E-state index contributed by atoms with van der Waals surface area (Å²) in [5, 5.41) is 8.08. The summed E-state index contributed by atoms with van der Waals surface area (Å²) < 4.78 is 5.89. The smallest absolute Gasteiger partial charge is 0.271 e. The van der Waals surface area contributed by atoms with E-state index in [0.717, 1.165) is 15.9 Å². The van der Waals surface area contributed by atoms with Crippen LogP contribution < -0.4 is 10.6 Å². The number of nitrogens with zero attached hydrogens (tertiary/aromatic N) is 3. The molecule has 4 rings (SSSR count). The van der Waals surface area contributed by atoms with Crippen LogP contribution in [0.5, 0.6) is 0 Å². The van der Waals surface area contributed by atoms with Gasteiger partial charge in [-0.05, 0) is 30.5 Å². The molecule has 4 heterocycles. The van der Waals surface area contributed by atoms with Crippen LogP contribution in [0.1, 0.15) is 29.1 Å². The van der Waals surface area contributed by atoms with E-state index in [1.54, 1.807) is 6.20 Å². The average molecular weight is 355 g/mol. The normalized spacial score (nSPS) is 15.6. The van der Waals surface area contributed by atoms with E-state index in [1.165, 1.54) is 11.3 Å². The minimum atomic E-state index is -0.198. The molecule has 0 bridgehead atoms. The van der Waals surface area contributed by atoms with Crippen LogP contribution in [0.3, 0.4) is 0 Å². The number of thiophene rings is 1. The summed E-state index contributed by atoms with van der Waals surface area (Å²) in [5.74, 6) is 0.218. The molecule has 25 heavy (non-hydrogen) atoms. The number of carbonyl (C=O) groups is 1. The van der Waals surface area contributed by atoms with Gasteiger partial charge in [0.1, 0.15) is 0 Å². The standard InChI is InChI=1S/C17H17N5O2S/c1-10(12-4-2-3-6-18-12)19-17-21-13-5-7-25-15(13)14(22-17)16(23)20-11-8-24-9-11/h2-7,10-11H,8-9H2,1H3,(H,20,23)(H,19,21,22). The number of amides is 1. The molecule has 1 unspecified atom stereocenters. The average Bonchev–Trinajstić information content (AvgIpc) is 3.06. The van der Waals surface area contributed by atoms with Gasteiger partial charge in [0.15, 0.2) is 5.69 Å². The summed E-state index contributed by atoms with van der Waals surface area (Å²) in [6, 6.07) is 7.61. The molecule has 128 valence electrons. The molecule has 0 aromatic carbocycles. The van der Waals surface area contributed by atoms with Gasteiger partial charge < -0.3 is 15.4 Å². The fraction of sp³-hybridized carbons (Fsp3) is 0.294. The van der Waals surface area contributed by atoms with E-state index in [2.05, 4.69) is 25.6 Å². The number of aromatic nitrogens is 3. The Morgan fingerprint density at radius 2 is 2.20 bits per heavy atom. The number of hydrogen-bond donors (Lipinski definition) is 2. The Labute approximate surface area is 148 Å². The lowest BCUT2D eigenvalue weighted by atomic mass is 10.2. The number of carbonyl (C=O) groups excluding carboxylic acids is 1. The van der Waals surface area contributed by atoms with Crippen molar-refractivity contribution in [2.45, 2.75) is 19.0 Å². The summed E-state index contributed by atoms with van der Waals surface area (Å²) in [5.41, 5.74) is 2.03. The van der Waals surface area contributed by atoms with Crippen LogP contribution in [0.15, 0.2) is 35.8 Å². The van der Waals surface area contributed by atoms with Crippen molar-refractivity contribution >= 4 is 33.4 Å². The summed E-state index contributed by atoms with van der Waals surface area (Å²) in [7, 11) is 0. The van der Waals surface area contributed by atoms with Gasteiger partial charge in [-0.2, -0.15) is 0 Å². The van der Waals surface area contributed by atoms with E-state index < -0.39 is 0 Å². The molecule has 0 spiro atoms. The van der Waals surface area contributed by atoms with Crippen LogP contribution >= 0.6 is 11.3 Å². The summed E-state index contributed by atoms with van der Waals surface area (Å²) in [6.07, 6.45) is 1.75. The van der Waals surface area contributed by atoms with Gasteiger partial charge in [0.05, 0.1) is 41.2 Å². The zero-order valence-corrected chi connectivity index (χ0v) is 14.4. The summed E-state index contributed by atoms with van der Waals surface area (Å²) in [4.78, 5) is 25.9. The monoisotopic (exact) mass is 355 g/mol. The Bertz CT molecular complexity index is 894. The first-order valence-electron chi connectivity index (χ1n) is 8.02. The van der Waals surface area contributed by atoms with Gasteiger partial charge in [-0.1, -0.05) is 6.07 Å². The molecule has 1 aliphatic rings. The zero-order valence-electron chi connectivity index (χ0n) is 13.6. The van der Waals surface area contributed by atoms with Crippen molar-refractivity contribution in [2.75, 3.05) is 18.5 Å². The minimum Gasteiger partial charge on any atom is -0.377 e. The van der Waals surface area contributed by atoms with Gasteiger partial charge in [-0.3, -0.25) is 9.78 Å². The fourth-order valence-corrected chi connectivity index (χ4v) is 3.37. The van der Waals surface area contributed by atoms with Crippen molar-refractivity contribution in [2.24, 2.45) is 0 Å². The Morgan fingerprint density at radius 1 is 1.32 bits per heavy atom. The number of rotatable bonds is 5. The van der Waals surface area contributed by atoms with Gasteiger partial charge >= 0.3 is 0 Å². The molecule has 8 heteroatoms.